The van der Waals surface area contributed by atoms with E-state index in [4.69, 9.17) is 5.11 Å². The lowest BCUT2D eigenvalue weighted by molar-refractivity contribution is -0.155. The van der Waals surface area contributed by atoms with E-state index in [2.05, 4.69) is 13.8 Å². The van der Waals surface area contributed by atoms with Gasteiger partial charge in [-0.3, -0.25) is 9.59 Å². The first kappa shape index (κ1) is 12.4. The van der Waals surface area contributed by atoms with Crippen molar-refractivity contribution in [2.75, 3.05) is 13.1 Å². The molecule has 1 N–H and O–H groups in total. The molecule has 17 heavy (non-hydrogen) atoms. The van der Waals surface area contributed by atoms with Crippen LogP contribution in [-0.4, -0.2) is 35.0 Å². The maximum atomic E-state index is 12.3. The molecule has 1 heterocycles. The summed E-state index contributed by atoms with van der Waals surface area (Å²) in [6.07, 6.45) is 4.19. The fraction of sp³-hybridized carbons (Fsp3) is 0.846. The average Bonchev–Trinajstić information content (AvgIpc) is 3.09. The van der Waals surface area contributed by atoms with Crippen LogP contribution in [0.5, 0.6) is 0 Å². The molecule has 2 rings (SSSR count). The Labute approximate surface area is 102 Å². The summed E-state index contributed by atoms with van der Waals surface area (Å²) in [5.41, 5.74) is -0.894. The van der Waals surface area contributed by atoms with Crippen LogP contribution in [0.3, 0.4) is 0 Å². The third kappa shape index (κ3) is 2.05. The number of hydrogen-bond donors (Lipinski definition) is 1. The fourth-order valence-corrected chi connectivity index (χ4v) is 2.72. The van der Waals surface area contributed by atoms with Gasteiger partial charge in [-0.1, -0.05) is 13.8 Å². The largest absolute Gasteiger partial charge is 0.480 e. The van der Waals surface area contributed by atoms with Gasteiger partial charge in [0, 0.05) is 13.1 Å². The number of hydrogen-bond acceptors (Lipinski definition) is 2. The van der Waals surface area contributed by atoms with Crippen molar-refractivity contribution in [3.8, 4) is 0 Å². The van der Waals surface area contributed by atoms with Crippen LogP contribution in [0.25, 0.3) is 0 Å². The molecule has 96 valence electrons. The first-order chi connectivity index (χ1) is 7.93. The number of carbonyl (C=O) groups excluding carboxylic acids is 1. The summed E-state index contributed by atoms with van der Waals surface area (Å²) in [5, 5.41) is 9.14. The standard InChI is InChI=1S/C13H21NO3/c1-3-12(2)5-4-8-14(9-12)10(15)13(6-7-13)11(16)17/h3-9H2,1-2H3,(H,16,17). The Balaban J connectivity index is 2.08. The van der Waals surface area contributed by atoms with Gasteiger partial charge in [0.15, 0.2) is 0 Å². The lowest BCUT2D eigenvalue weighted by atomic mass is 9.79. The maximum absolute atomic E-state index is 12.3. The first-order valence-corrected chi connectivity index (χ1v) is 6.46. The number of rotatable bonds is 3. The molecule has 0 aromatic rings. The Morgan fingerprint density at radius 2 is 1.94 bits per heavy atom. The minimum Gasteiger partial charge on any atom is -0.480 e. The minimum absolute atomic E-state index is 0.149. The van der Waals surface area contributed by atoms with Gasteiger partial charge in [-0.15, -0.1) is 0 Å². The highest BCUT2D eigenvalue weighted by Gasteiger charge is 2.59. The second-order valence-electron chi connectivity index (χ2n) is 5.88. The molecule has 1 aliphatic carbocycles. The van der Waals surface area contributed by atoms with Crippen LogP contribution in [0.15, 0.2) is 0 Å². The predicted octanol–water partition coefficient (Wildman–Crippen LogP) is 1.89. The van der Waals surface area contributed by atoms with Crippen molar-refractivity contribution in [3.05, 3.63) is 0 Å². The Hall–Kier alpha value is -1.06. The highest BCUT2D eigenvalue weighted by atomic mass is 16.4. The van der Waals surface area contributed by atoms with E-state index >= 15 is 0 Å². The smallest absolute Gasteiger partial charge is 0.319 e. The zero-order valence-electron chi connectivity index (χ0n) is 10.7. The molecule has 1 aliphatic heterocycles. The fourth-order valence-electron chi connectivity index (χ4n) is 2.72. The van der Waals surface area contributed by atoms with Gasteiger partial charge in [0.2, 0.25) is 5.91 Å². The molecule has 1 amide bonds. The molecule has 1 saturated carbocycles. The van der Waals surface area contributed by atoms with E-state index in [0.29, 0.717) is 12.8 Å². The van der Waals surface area contributed by atoms with Gasteiger partial charge in [0.05, 0.1) is 0 Å². The highest BCUT2D eigenvalue weighted by molar-refractivity contribution is 6.04. The summed E-state index contributed by atoms with van der Waals surface area (Å²) in [4.78, 5) is 25.2. The van der Waals surface area contributed by atoms with Gasteiger partial charge in [-0.25, -0.2) is 0 Å². The predicted molar refractivity (Wildman–Crippen MR) is 63.5 cm³/mol. The van der Waals surface area contributed by atoms with Crippen molar-refractivity contribution in [2.45, 2.75) is 46.0 Å². The lowest BCUT2D eigenvalue weighted by Crippen LogP contribution is -2.49. The SMILES string of the molecule is CCC1(C)CCCN(C(=O)C2(C(=O)O)CC2)C1. The summed E-state index contributed by atoms with van der Waals surface area (Å²) >= 11 is 0. The summed E-state index contributed by atoms with van der Waals surface area (Å²) < 4.78 is 0. The summed E-state index contributed by atoms with van der Waals surface area (Å²) in [7, 11) is 0. The lowest BCUT2D eigenvalue weighted by Gasteiger charge is -2.41. The molecule has 0 aromatic carbocycles. The molecule has 2 aliphatic rings. The number of amides is 1. The van der Waals surface area contributed by atoms with Crippen LogP contribution >= 0.6 is 0 Å². The van der Waals surface area contributed by atoms with Crippen molar-refractivity contribution in [3.63, 3.8) is 0 Å². The van der Waals surface area contributed by atoms with Crippen molar-refractivity contribution < 1.29 is 14.7 Å². The van der Waals surface area contributed by atoms with Crippen molar-refractivity contribution in [1.29, 1.82) is 0 Å². The molecule has 0 spiro atoms. The second kappa shape index (κ2) is 4.00. The molecule has 4 nitrogen and oxygen atoms in total. The van der Waals surface area contributed by atoms with Crippen molar-refractivity contribution >= 4 is 11.9 Å². The Morgan fingerprint density at radius 3 is 2.41 bits per heavy atom. The number of aliphatic carboxylic acids is 1. The molecule has 0 bridgehead atoms. The zero-order chi connectivity index (χ0) is 12.7. The van der Waals surface area contributed by atoms with Gasteiger partial charge in [0.25, 0.3) is 0 Å². The third-order valence-electron chi connectivity index (χ3n) is 4.49. The van der Waals surface area contributed by atoms with E-state index in [9.17, 15) is 9.59 Å². The number of piperidine rings is 1. The average molecular weight is 239 g/mol. The van der Waals surface area contributed by atoms with E-state index < -0.39 is 11.4 Å². The van der Waals surface area contributed by atoms with Gasteiger partial charge in [-0.2, -0.15) is 0 Å². The zero-order valence-corrected chi connectivity index (χ0v) is 10.7. The summed E-state index contributed by atoms with van der Waals surface area (Å²) in [6, 6.07) is 0. The Morgan fingerprint density at radius 1 is 1.29 bits per heavy atom. The first-order valence-electron chi connectivity index (χ1n) is 6.46. The van der Waals surface area contributed by atoms with Crippen LogP contribution in [-0.2, 0) is 9.59 Å². The summed E-state index contributed by atoms with van der Waals surface area (Å²) in [6.45, 7) is 5.77. The van der Waals surface area contributed by atoms with E-state index in [-0.39, 0.29) is 11.3 Å². The molecular weight excluding hydrogens is 218 g/mol. The molecule has 1 atom stereocenters. The molecule has 2 fully saturated rings. The normalized spacial score (nSPS) is 31.1. The van der Waals surface area contributed by atoms with Crippen LogP contribution in [0, 0.1) is 10.8 Å². The molecule has 4 heteroatoms. The number of carbonyl (C=O) groups is 2. The highest BCUT2D eigenvalue weighted by Crippen LogP contribution is 2.48. The molecule has 1 saturated heterocycles. The number of likely N-dealkylation sites (tertiary alicyclic amines) is 1. The van der Waals surface area contributed by atoms with Crippen LogP contribution < -0.4 is 0 Å². The molecule has 0 radical (unpaired) electrons. The Kier molecular flexibility index (Phi) is 2.92. The second-order valence-corrected chi connectivity index (χ2v) is 5.88. The van der Waals surface area contributed by atoms with E-state index in [1.807, 2.05) is 0 Å². The van der Waals surface area contributed by atoms with E-state index in [1.165, 1.54) is 0 Å². The number of nitrogens with zero attached hydrogens (tertiary/aromatic N) is 1. The molecule has 1 unspecified atom stereocenters. The van der Waals surface area contributed by atoms with Crippen LogP contribution in [0.4, 0.5) is 0 Å². The Bertz CT molecular complexity index is 349. The number of carboxylic acid groups (broad SMARTS) is 1. The third-order valence-corrected chi connectivity index (χ3v) is 4.49. The van der Waals surface area contributed by atoms with Gasteiger partial charge < -0.3 is 10.0 Å². The van der Waals surface area contributed by atoms with Gasteiger partial charge >= 0.3 is 5.97 Å². The summed E-state index contributed by atoms with van der Waals surface area (Å²) in [5.74, 6) is -1.09. The van der Waals surface area contributed by atoms with Crippen molar-refractivity contribution in [1.82, 2.24) is 4.90 Å². The maximum Gasteiger partial charge on any atom is 0.319 e. The van der Waals surface area contributed by atoms with Crippen molar-refractivity contribution in [2.24, 2.45) is 10.8 Å². The minimum atomic E-state index is -1.06. The van der Waals surface area contributed by atoms with Gasteiger partial charge in [0.1, 0.15) is 5.41 Å². The monoisotopic (exact) mass is 239 g/mol. The van der Waals surface area contributed by atoms with Crippen LogP contribution in [0.1, 0.15) is 46.0 Å². The van der Waals surface area contributed by atoms with E-state index in [1.54, 1.807) is 4.90 Å². The number of carboxylic acids is 1. The molecule has 0 aromatic heterocycles. The quantitative estimate of drug-likeness (QED) is 0.765. The van der Waals surface area contributed by atoms with Crippen LogP contribution in [0.2, 0.25) is 0 Å². The topological polar surface area (TPSA) is 57.6 Å². The molecular formula is C13H21NO3. The van der Waals surface area contributed by atoms with E-state index in [0.717, 1.165) is 32.4 Å². The van der Waals surface area contributed by atoms with Gasteiger partial charge in [-0.05, 0) is 37.5 Å².